The van der Waals surface area contributed by atoms with Gasteiger partial charge in [0, 0.05) is 19.4 Å². The van der Waals surface area contributed by atoms with Crippen molar-refractivity contribution in [3.05, 3.63) is 0 Å². The number of halogens is 7. The van der Waals surface area contributed by atoms with Crippen molar-refractivity contribution in [2.75, 3.05) is 13.7 Å². The van der Waals surface area contributed by atoms with Gasteiger partial charge in [-0.15, -0.1) is 0 Å². The van der Waals surface area contributed by atoms with Crippen LogP contribution in [-0.2, 0) is 23.9 Å². The van der Waals surface area contributed by atoms with E-state index in [4.69, 9.17) is 5.11 Å². The fraction of sp³-hybridized carbons (Fsp3) is 0.714. The van der Waals surface area contributed by atoms with E-state index in [1.54, 1.807) is 0 Å². The summed E-state index contributed by atoms with van der Waals surface area (Å²) in [6.45, 7) is 0.124. The molecule has 27 heavy (non-hydrogen) atoms. The minimum atomic E-state index is -6.36. The number of carbonyl (C=O) groups excluding carboxylic acids is 4. The molecule has 0 amide bonds. The van der Waals surface area contributed by atoms with Crippen LogP contribution >= 0.6 is 0 Å². The Morgan fingerprint density at radius 3 is 1.67 bits per heavy atom. The lowest BCUT2D eigenvalue weighted by molar-refractivity contribution is -0.353. The lowest BCUT2D eigenvalue weighted by Crippen LogP contribution is -2.52. The monoisotopic (exact) mass is 416 g/mol. The average molecular weight is 416 g/mol. The molecule has 0 unspecified atom stereocenters. The van der Waals surface area contributed by atoms with Crippen molar-refractivity contribution >= 4 is 24.8 Å². The maximum absolute atomic E-state index is 12.0. The number of hydrogen-bond donors (Lipinski definition) is 1. The van der Waals surface area contributed by atoms with E-state index >= 15 is 0 Å². The summed E-state index contributed by atoms with van der Waals surface area (Å²) in [4.78, 5) is 38.7. The zero-order valence-electron chi connectivity index (χ0n) is 14.1. The Morgan fingerprint density at radius 1 is 0.926 bits per heavy atom. The van der Waals surface area contributed by atoms with Gasteiger partial charge in [0.05, 0.1) is 20.0 Å². The summed E-state index contributed by atoms with van der Waals surface area (Å²) in [5.41, 5.74) is 0. The minimum absolute atomic E-state index is 0.124. The van der Waals surface area contributed by atoms with Gasteiger partial charge in [-0.05, 0) is 6.42 Å². The van der Waals surface area contributed by atoms with Gasteiger partial charge in [-0.3, -0.25) is 4.79 Å². The Labute approximate surface area is 149 Å². The summed E-state index contributed by atoms with van der Waals surface area (Å²) in [7, 11) is 1.30. The molecule has 0 bridgehead atoms. The number of methoxy groups -OCH3 is 1. The largest absolute Gasteiger partial charge is 0.469 e. The SMILES string of the molecule is COC(=O)CCC=O.O=CCC(F)(F)C(F)(F)C(F)(F)F.O=CCCCO. The molecule has 0 rings (SSSR count). The smallest absolute Gasteiger partial charge is 0.459 e. The van der Waals surface area contributed by atoms with Crippen LogP contribution in [0.25, 0.3) is 0 Å². The van der Waals surface area contributed by atoms with E-state index in [1.165, 1.54) is 7.11 Å². The highest BCUT2D eigenvalue weighted by atomic mass is 19.4. The van der Waals surface area contributed by atoms with Crippen LogP contribution < -0.4 is 0 Å². The molecule has 0 atom stereocenters. The highest BCUT2D eigenvalue weighted by Gasteiger charge is 2.72. The summed E-state index contributed by atoms with van der Waals surface area (Å²) in [6, 6.07) is 0. The quantitative estimate of drug-likeness (QED) is 0.269. The van der Waals surface area contributed by atoms with Crippen molar-refractivity contribution in [2.24, 2.45) is 0 Å². The van der Waals surface area contributed by atoms with Crippen LogP contribution in [0.15, 0.2) is 0 Å². The van der Waals surface area contributed by atoms with Crippen LogP contribution in [0.2, 0.25) is 0 Å². The predicted molar refractivity (Wildman–Crippen MR) is 76.3 cm³/mol. The van der Waals surface area contributed by atoms with Gasteiger partial charge in [0.1, 0.15) is 18.9 Å². The average Bonchev–Trinajstić information content (AvgIpc) is 2.57. The zero-order valence-corrected chi connectivity index (χ0v) is 14.1. The first kappa shape index (κ1) is 29.7. The number of aliphatic hydroxyl groups is 1. The van der Waals surface area contributed by atoms with E-state index in [9.17, 15) is 49.9 Å². The second-order valence-electron chi connectivity index (χ2n) is 4.46. The number of aliphatic hydroxyl groups excluding tert-OH is 1. The molecule has 0 aliphatic rings. The molecule has 1 N–H and O–H groups in total. The molecule has 0 aliphatic heterocycles. The summed E-state index contributed by atoms with van der Waals surface area (Å²) < 4.78 is 85.9. The Hall–Kier alpha value is -2.05. The number of hydrogen-bond acceptors (Lipinski definition) is 6. The second-order valence-corrected chi connectivity index (χ2v) is 4.46. The van der Waals surface area contributed by atoms with Gasteiger partial charge in [-0.1, -0.05) is 0 Å². The van der Waals surface area contributed by atoms with E-state index in [2.05, 4.69) is 4.74 Å². The minimum Gasteiger partial charge on any atom is -0.469 e. The number of alkyl halides is 7. The van der Waals surface area contributed by atoms with Crippen LogP contribution in [0, 0.1) is 0 Å². The number of rotatable bonds is 9. The Kier molecular flexibility index (Phi) is 16.6. The van der Waals surface area contributed by atoms with Crippen molar-refractivity contribution in [1.82, 2.24) is 0 Å². The van der Waals surface area contributed by atoms with Crippen molar-refractivity contribution in [1.29, 1.82) is 0 Å². The molecule has 0 radical (unpaired) electrons. The summed E-state index contributed by atoms with van der Waals surface area (Å²) >= 11 is 0. The van der Waals surface area contributed by atoms with Crippen molar-refractivity contribution < 1.29 is 59.8 Å². The van der Waals surface area contributed by atoms with E-state index in [1.807, 2.05) is 0 Å². The Bertz CT molecular complexity index is 438. The number of esters is 1. The molecule has 0 heterocycles. The first-order chi connectivity index (χ1) is 12.3. The molecule has 0 fully saturated rings. The first-order valence-corrected chi connectivity index (χ1v) is 7.09. The molecule has 0 aliphatic carbocycles. The van der Waals surface area contributed by atoms with Gasteiger partial charge in [0.15, 0.2) is 0 Å². The van der Waals surface area contributed by atoms with Crippen molar-refractivity contribution in [3.8, 4) is 0 Å². The molecule has 0 saturated carbocycles. The molecule has 0 aromatic carbocycles. The summed E-state index contributed by atoms with van der Waals surface area (Å²) in [6.07, 6.45) is -6.20. The third-order valence-electron chi connectivity index (χ3n) is 2.33. The fourth-order valence-corrected chi connectivity index (χ4v) is 0.894. The van der Waals surface area contributed by atoms with Gasteiger partial charge in [0.2, 0.25) is 0 Å². The van der Waals surface area contributed by atoms with Gasteiger partial charge < -0.3 is 24.2 Å². The number of aldehydes is 3. The molecule has 13 heteroatoms. The number of unbranched alkanes of at least 4 members (excludes halogenated alkanes) is 1. The van der Waals surface area contributed by atoms with Gasteiger partial charge in [-0.25, -0.2) is 0 Å². The summed E-state index contributed by atoms with van der Waals surface area (Å²) in [5, 5.41) is 8.04. The molecular formula is C14H19F7O6. The highest BCUT2D eigenvalue weighted by molar-refractivity contribution is 5.72. The van der Waals surface area contributed by atoms with E-state index in [0.29, 0.717) is 19.1 Å². The lowest BCUT2D eigenvalue weighted by atomic mass is 10.1. The third-order valence-corrected chi connectivity index (χ3v) is 2.33. The molecule has 0 spiro atoms. The second kappa shape index (κ2) is 15.1. The standard InChI is InChI=1S/C5H3F7O.C5H8O3.C4H8O2/c6-3(7,1-2-13)4(8,9)5(10,11)12;1-8-5(7)3-2-4-6;5-3-1-2-4-6/h2H,1H2;4H,2-3H2,1H3;3,6H,1-2,4H2. The van der Waals surface area contributed by atoms with Crippen LogP contribution in [-0.4, -0.2) is 61.7 Å². The van der Waals surface area contributed by atoms with E-state index in [0.717, 1.165) is 6.29 Å². The molecular weight excluding hydrogens is 397 g/mol. The fourth-order valence-electron chi connectivity index (χ4n) is 0.894. The van der Waals surface area contributed by atoms with E-state index in [-0.39, 0.29) is 25.4 Å². The third kappa shape index (κ3) is 13.8. The molecule has 0 aromatic rings. The molecule has 6 nitrogen and oxygen atoms in total. The Morgan fingerprint density at radius 2 is 1.41 bits per heavy atom. The molecule has 0 saturated heterocycles. The summed E-state index contributed by atoms with van der Waals surface area (Å²) in [5.74, 6) is -11.9. The number of ether oxygens (including phenoxy) is 1. The Balaban J connectivity index is -0.000000351. The maximum Gasteiger partial charge on any atom is 0.459 e. The zero-order chi connectivity index (χ0) is 22.1. The van der Waals surface area contributed by atoms with Crippen LogP contribution in [0.4, 0.5) is 30.7 Å². The van der Waals surface area contributed by atoms with Crippen molar-refractivity contribution in [2.45, 2.75) is 50.1 Å². The van der Waals surface area contributed by atoms with Gasteiger partial charge >= 0.3 is 24.0 Å². The normalized spacial score (nSPS) is 11.1. The van der Waals surface area contributed by atoms with Gasteiger partial charge in [0.25, 0.3) is 0 Å². The van der Waals surface area contributed by atoms with Gasteiger partial charge in [-0.2, -0.15) is 30.7 Å². The first-order valence-electron chi connectivity index (χ1n) is 7.09. The van der Waals surface area contributed by atoms with Crippen LogP contribution in [0.5, 0.6) is 0 Å². The lowest BCUT2D eigenvalue weighted by Gasteiger charge is -2.26. The number of carbonyl (C=O) groups is 4. The molecule has 0 aromatic heterocycles. The maximum atomic E-state index is 12.0. The molecule has 160 valence electrons. The van der Waals surface area contributed by atoms with Crippen molar-refractivity contribution in [3.63, 3.8) is 0 Å². The van der Waals surface area contributed by atoms with Crippen LogP contribution in [0.3, 0.4) is 0 Å². The van der Waals surface area contributed by atoms with Crippen LogP contribution in [0.1, 0.15) is 32.1 Å². The predicted octanol–water partition coefficient (Wildman–Crippen LogP) is 2.50. The topological polar surface area (TPSA) is 97.7 Å². The highest BCUT2D eigenvalue weighted by Crippen LogP contribution is 2.47. The van der Waals surface area contributed by atoms with E-state index < -0.39 is 30.7 Å².